The molecule has 1 rings (SSSR count). The van der Waals surface area contributed by atoms with Crippen molar-refractivity contribution in [2.24, 2.45) is 0 Å². The summed E-state index contributed by atoms with van der Waals surface area (Å²) in [6.07, 6.45) is 1.69. The number of hydrogen-bond donors (Lipinski definition) is 0. The average Bonchev–Trinajstić information content (AvgIpc) is 0.722. The van der Waals surface area contributed by atoms with E-state index in [2.05, 4.69) is 4.20 Å². The first kappa shape index (κ1) is 2.10. The minimum absolute atomic E-state index is 0.640. The lowest BCUT2D eigenvalue weighted by atomic mass is 11.1. The van der Waals surface area contributed by atoms with Crippen molar-refractivity contribution < 1.29 is 4.20 Å². The molecule has 0 aliphatic carbocycles. The zero-order chi connectivity index (χ0) is 2.83. The summed E-state index contributed by atoms with van der Waals surface area (Å²) >= 11 is 0. The van der Waals surface area contributed by atoms with Crippen molar-refractivity contribution in [3.63, 3.8) is 0 Å². The van der Waals surface area contributed by atoms with E-state index in [4.69, 9.17) is 0 Å². The Kier molecular flexibility index (Phi) is 0.342. The molecule has 0 aromatic carbocycles. The summed E-state index contributed by atoms with van der Waals surface area (Å²) in [7, 11) is 0.640. The van der Waals surface area contributed by atoms with E-state index in [1.807, 2.05) is 5.80 Å². The molecule has 4 heavy (non-hydrogen) atoms. The Balaban J connectivity index is 3.00. The van der Waals surface area contributed by atoms with Crippen LogP contribution in [-0.2, 0) is 0 Å². The third-order valence-corrected chi connectivity index (χ3v) is 0.816. The molecule has 0 spiro atoms. The molecule has 0 aliphatic heterocycles. The fourth-order valence-electron chi connectivity index (χ4n) is 0.0680. The van der Waals surface area contributed by atoms with Gasteiger partial charge in [-0.25, -0.2) is 0 Å². The molecular weight excluding hydrogens is 71.0 g/mol. The van der Waals surface area contributed by atoms with E-state index in [1.165, 1.54) is 0 Å². The van der Waals surface area contributed by atoms with Gasteiger partial charge in [0.15, 0.2) is 0 Å². The Morgan fingerprint density at radius 1 is 1.75 bits per heavy atom. The fraction of sp³-hybridized carbons (Fsp3) is 0. The second kappa shape index (κ2) is 0.652. The van der Waals surface area contributed by atoms with Gasteiger partial charge in [0, 0.05) is 14.2 Å². The van der Waals surface area contributed by atoms with Gasteiger partial charge in [0.05, 0.1) is 0 Å². The molecule has 0 radical (unpaired) electrons. The highest BCUT2D eigenvalue weighted by Crippen LogP contribution is 2.02. The van der Waals surface area contributed by atoms with Crippen molar-refractivity contribution in [2.45, 2.75) is 0 Å². The lowest BCUT2D eigenvalue weighted by Crippen LogP contribution is -1.34. The molecule has 1 atom stereocenters. The van der Waals surface area contributed by atoms with Crippen LogP contribution in [0.15, 0.2) is 16.3 Å². The average molecular weight is 74.0 g/mol. The predicted molar refractivity (Wildman–Crippen MR) is 18.2 cm³/mol. The van der Waals surface area contributed by atoms with Gasteiger partial charge < -0.3 is 4.20 Å². The van der Waals surface area contributed by atoms with E-state index >= 15 is 0 Å². The van der Waals surface area contributed by atoms with Gasteiger partial charge in [0.25, 0.3) is 0 Å². The largest absolute Gasteiger partial charge is 0.461 e. The summed E-state index contributed by atoms with van der Waals surface area (Å²) in [5, 5.41) is 0. The van der Waals surface area contributed by atoms with E-state index in [0.717, 1.165) is 0 Å². The van der Waals surface area contributed by atoms with Gasteiger partial charge in [-0.05, 0) is 0 Å². The molecule has 0 N–H and O–H groups in total. The fourth-order valence-corrected chi connectivity index (χ4v) is 0.204. The van der Waals surface area contributed by atoms with Crippen LogP contribution in [0.1, 0.15) is 0 Å². The molecule has 1 aromatic rings. The summed E-state index contributed by atoms with van der Waals surface area (Å²) in [5.41, 5.74) is 0. The molecule has 0 fully saturated rings. The van der Waals surface area contributed by atoms with Gasteiger partial charge in [0.1, 0.15) is 6.26 Å². The molecule has 1 aromatic heterocycles. The van der Waals surface area contributed by atoms with E-state index in [9.17, 15) is 0 Å². The monoisotopic (exact) mass is 74.0 g/mol. The van der Waals surface area contributed by atoms with Crippen LogP contribution in [0.4, 0.5) is 0 Å². The highest BCUT2D eigenvalue weighted by molar-refractivity contribution is 7.22. The smallest absolute Gasteiger partial charge is 0.100 e. The SMILES string of the molecule is c1c[pH]o1. The van der Waals surface area contributed by atoms with Crippen LogP contribution in [0, 0.1) is 0 Å². The highest BCUT2D eigenvalue weighted by atomic mass is 31.1. The first-order valence-electron chi connectivity index (χ1n) is 1.06. The van der Waals surface area contributed by atoms with Crippen molar-refractivity contribution in [3.8, 4) is 0 Å². The van der Waals surface area contributed by atoms with Gasteiger partial charge >= 0.3 is 0 Å². The van der Waals surface area contributed by atoms with Crippen LogP contribution in [0.2, 0.25) is 0 Å². The van der Waals surface area contributed by atoms with Crippen molar-refractivity contribution in [1.82, 2.24) is 0 Å². The maximum Gasteiger partial charge on any atom is 0.100 e. The molecule has 0 saturated heterocycles. The zero-order valence-corrected chi connectivity index (χ0v) is 3.06. The third-order valence-electron chi connectivity index (χ3n) is 0.272. The molecule has 0 aliphatic rings. The zero-order valence-electron chi connectivity index (χ0n) is 2.06. The van der Waals surface area contributed by atoms with E-state index in [-0.39, 0.29) is 0 Å². The Labute approximate surface area is 25.8 Å². The quantitative estimate of drug-likeness (QED) is 0.452. The van der Waals surface area contributed by atoms with Gasteiger partial charge in [-0.1, -0.05) is 0 Å². The van der Waals surface area contributed by atoms with Crippen molar-refractivity contribution in [2.75, 3.05) is 0 Å². The summed E-state index contributed by atoms with van der Waals surface area (Å²) in [4.78, 5) is 0. The standard InChI is InChI=1S/C2H3OP/c1-2-4-3-1/h1-2,4H. The van der Waals surface area contributed by atoms with E-state index in [0.29, 0.717) is 8.43 Å². The first-order valence-corrected chi connectivity index (χ1v) is 2.05. The highest BCUT2D eigenvalue weighted by Gasteiger charge is 1.58. The van der Waals surface area contributed by atoms with Crippen molar-refractivity contribution in [3.05, 3.63) is 12.1 Å². The third kappa shape index (κ3) is 0.0880. The van der Waals surface area contributed by atoms with Gasteiger partial charge in [-0.15, -0.1) is 0 Å². The maximum atomic E-state index is 4.57. The first-order chi connectivity index (χ1) is 2.00. The van der Waals surface area contributed by atoms with Crippen LogP contribution in [0.3, 0.4) is 0 Å². The van der Waals surface area contributed by atoms with Gasteiger partial charge in [0.2, 0.25) is 0 Å². The molecule has 1 heterocycles. The predicted octanol–water partition coefficient (Wildman–Crippen LogP) is 1.31. The Morgan fingerprint density at radius 2 is 2.00 bits per heavy atom. The second-order valence-electron chi connectivity index (χ2n) is 0.538. The molecule has 22 valence electrons. The molecule has 1 unspecified atom stereocenters. The summed E-state index contributed by atoms with van der Waals surface area (Å²) in [5.74, 6) is 1.99. The van der Waals surface area contributed by atoms with Crippen molar-refractivity contribution in [1.29, 1.82) is 0 Å². The molecule has 0 bridgehead atoms. The van der Waals surface area contributed by atoms with E-state index in [1.54, 1.807) is 6.26 Å². The minimum atomic E-state index is 0.640. The van der Waals surface area contributed by atoms with Crippen LogP contribution in [0.25, 0.3) is 0 Å². The molecule has 2 heteroatoms. The van der Waals surface area contributed by atoms with E-state index < -0.39 is 0 Å². The molecule has 0 amide bonds. The van der Waals surface area contributed by atoms with Crippen LogP contribution >= 0.6 is 8.43 Å². The second-order valence-corrected chi connectivity index (χ2v) is 1.34. The summed E-state index contributed by atoms with van der Waals surface area (Å²) < 4.78 is 4.57. The Hall–Kier alpha value is -0.160. The number of hydrogen-bond acceptors (Lipinski definition) is 1. The van der Waals surface area contributed by atoms with Crippen LogP contribution in [0.5, 0.6) is 0 Å². The molecule has 1 nitrogen and oxygen atoms in total. The minimum Gasteiger partial charge on any atom is -0.461 e. The van der Waals surface area contributed by atoms with Gasteiger partial charge in [-0.3, -0.25) is 0 Å². The Bertz CT molecular complexity index is 47.8. The summed E-state index contributed by atoms with van der Waals surface area (Å²) in [6.45, 7) is 0. The summed E-state index contributed by atoms with van der Waals surface area (Å²) in [6, 6.07) is 0. The topological polar surface area (TPSA) is 13.1 Å². The maximum absolute atomic E-state index is 4.57. The number of rotatable bonds is 0. The normalized spacial score (nSPS) is 10.0. The van der Waals surface area contributed by atoms with Gasteiger partial charge in [-0.2, -0.15) is 0 Å². The van der Waals surface area contributed by atoms with Crippen LogP contribution < -0.4 is 0 Å². The molecule has 0 saturated carbocycles. The van der Waals surface area contributed by atoms with Crippen molar-refractivity contribution >= 4 is 8.43 Å². The lowest BCUT2D eigenvalue weighted by Gasteiger charge is -1.74. The lowest BCUT2D eigenvalue weighted by molar-refractivity contribution is 0.671. The Morgan fingerprint density at radius 3 is 2.00 bits per heavy atom. The molecular formula is C2H3OP. The van der Waals surface area contributed by atoms with Crippen LogP contribution in [-0.4, -0.2) is 0 Å².